The number of benzene rings is 1. The van der Waals surface area contributed by atoms with Gasteiger partial charge in [0.1, 0.15) is 11.9 Å². The maximum atomic E-state index is 12.7. The Bertz CT molecular complexity index is 771. The molecule has 0 heterocycles. The summed E-state index contributed by atoms with van der Waals surface area (Å²) in [6.45, 7) is 6.93. The van der Waals surface area contributed by atoms with Crippen LogP contribution in [0.15, 0.2) is 30.3 Å². The summed E-state index contributed by atoms with van der Waals surface area (Å²) in [6.07, 6.45) is 3.74. The molecule has 1 aromatic carbocycles. The fourth-order valence-corrected chi connectivity index (χ4v) is 7.69. The molecule has 0 aliphatic heterocycles. The molecule has 3 nitrogen and oxygen atoms in total. The van der Waals surface area contributed by atoms with Gasteiger partial charge in [-0.3, -0.25) is 4.79 Å². The standard InChI is InChI=1S/C22H26O3/c1-13-9-17(23)16-12-20(2)15-10-18(22(13,11-15)21(16,20)3)25-19(24)14-7-5-4-6-8-14/h4-8,13,15-16,18H,9-12H2,1-3H3/t13-,15-,16-,18-,20+,21+,22+/m1/s1. The molecular weight excluding hydrogens is 312 g/mol. The highest BCUT2D eigenvalue weighted by atomic mass is 16.5. The van der Waals surface area contributed by atoms with Crippen LogP contribution in [-0.4, -0.2) is 17.9 Å². The van der Waals surface area contributed by atoms with Crippen molar-refractivity contribution in [2.75, 3.05) is 0 Å². The second-order valence-electron chi connectivity index (χ2n) is 9.39. The second kappa shape index (κ2) is 4.55. The number of Topliss-reactive ketones (excluding diaryl/α,β-unsaturated/α-hetero) is 1. The zero-order chi connectivity index (χ0) is 17.6. The largest absolute Gasteiger partial charge is 0.458 e. The van der Waals surface area contributed by atoms with Crippen LogP contribution >= 0.6 is 0 Å². The first-order valence-electron chi connectivity index (χ1n) is 9.63. The smallest absolute Gasteiger partial charge is 0.338 e. The van der Waals surface area contributed by atoms with E-state index in [1.807, 2.05) is 30.3 Å². The van der Waals surface area contributed by atoms with Gasteiger partial charge in [0.05, 0.1) is 5.56 Å². The molecular formula is C22H26O3. The average molecular weight is 338 g/mol. The number of ketones is 1. The van der Waals surface area contributed by atoms with E-state index in [-0.39, 0.29) is 34.2 Å². The summed E-state index contributed by atoms with van der Waals surface area (Å²) < 4.78 is 6.13. The molecule has 25 heavy (non-hydrogen) atoms. The van der Waals surface area contributed by atoms with Gasteiger partial charge in [-0.2, -0.15) is 0 Å². The lowest BCUT2D eigenvalue weighted by molar-refractivity contribution is -0.253. The second-order valence-corrected chi connectivity index (χ2v) is 9.39. The molecule has 0 N–H and O–H groups in total. The lowest BCUT2D eigenvalue weighted by Gasteiger charge is -2.71. The highest BCUT2D eigenvalue weighted by molar-refractivity contribution is 5.90. The highest BCUT2D eigenvalue weighted by Crippen LogP contribution is 2.86. The van der Waals surface area contributed by atoms with Crippen molar-refractivity contribution in [2.45, 2.75) is 52.6 Å². The van der Waals surface area contributed by atoms with Gasteiger partial charge in [0.15, 0.2) is 0 Å². The Balaban J connectivity index is 1.52. The molecule has 0 unspecified atom stereocenters. The third-order valence-corrected chi connectivity index (χ3v) is 9.07. The van der Waals surface area contributed by atoms with Crippen molar-refractivity contribution in [1.82, 2.24) is 0 Å². The molecule has 0 aromatic heterocycles. The molecule has 4 aliphatic carbocycles. The van der Waals surface area contributed by atoms with Gasteiger partial charge in [-0.15, -0.1) is 0 Å². The number of fused-ring (bicyclic) bond motifs is 2. The first-order chi connectivity index (χ1) is 11.8. The molecule has 1 spiro atoms. The lowest BCUT2D eigenvalue weighted by atomic mass is 9.32. The number of hydrogen-bond acceptors (Lipinski definition) is 3. The molecule has 1 aromatic rings. The van der Waals surface area contributed by atoms with Gasteiger partial charge in [0.2, 0.25) is 0 Å². The summed E-state index contributed by atoms with van der Waals surface area (Å²) in [7, 11) is 0. The molecule has 4 saturated carbocycles. The van der Waals surface area contributed by atoms with E-state index >= 15 is 0 Å². The van der Waals surface area contributed by atoms with Crippen molar-refractivity contribution in [3.8, 4) is 0 Å². The minimum Gasteiger partial charge on any atom is -0.458 e. The minimum atomic E-state index is -0.210. The van der Waals surface area contributed by atoms with E-state index in [1.54, 1.807) is 0 Å². The van der Waals surface area contributed by atoms with Crippen molar-refractivity contribution in [2.24, 2.45) is 34.0 Å². The number of esters is 1. The maximum absolute atomic E-state index is 12.7. The van der Waals surface area contributed by atoms with Gasteiger partial charge in [0, 0.05) is 17.8 Å². The van der Waals surface area contributed by atoms with Crippen LogP contribution in [0.5, 0.6) is 0 Å². The fourth-order valence-electron chi connectivity index (χ4n) is 7.69. The predicted octanol–water partition coefficient (Wildman–Crippen LogP) is 4.26. The van der Waals surface area contributed by atoms with Crippen LogP contribution in [0.25, 0.3) is 0 Å². The molecule has 0 radical (unpaired) electrons. The van der Waals surface area contributed by atoms with E-state index in [9.17, 15) is 9.59 Å². The van der Waals surface area contributed by atoms with Crippen LogP contribution in [0.4, 0.5) is 0 Å². The molecule has 5 rings (SSSR count). The first kappa shape index (κ1) is 15.6. The van der Waals surface area contributed by atoms with Gasteiger partial charge in [-0.25, -0.2) is 4.79 Å². The third kappa shape index (κ3) is 1.51. The quantitative estimate of drug-likeness (QED) is 0.757. The van der Waals surface area contributed by atoms with Crippen LogP contribution in [-0.2, 0) is 9.53 Å². The van der Waals surface area contributed by atoms with E-state index in [0.717, 1.165) is 19.3 Å². The predicted molar refractivity (Wildman–Crippen MR) is 93.9 cm³/mol. The van der Waals surface area contributed by atoms with Crippen molar-refractivity contribution in [1.29, 1.82) is 0 Å². The van der Waals surface area contributed by atoms with Crippen LogP contribution in [0.3, 0.4) is 0 Å². The lowest BCUT2D eigenvalue weighted by Crippen LogP contribution is -2.71. The Labute approximate surface area is 149 Å². The summed E-state index contributed by atoms with van der Waals surface area (Å²) in [5.41, 5.74) is 0.851. The van der Waals surface area contributed by atoms with Gasteiger partial charge in [-0.1, -0.05) is 39.0 Å². The Morgan fingerprint density at radius 3 is 2.60 bits per heavy atom. The monoisotopic (exact) mass is 338 g/mol. The SMILES string of the molecule is C[C@@H]1CC(=O)[C@H]2C[C@@]3(C)[C@@H]4C[C@@H](OC(=O)c5ccccc5)[C@@]1(C4)[C@@]23C. The van der Waals surface area contributed by atoms with Crippen LogP contribution in [0.1, 0.15) is 56.8 Å². The Kier molecular flexibility index (Phi) is 2.84. The number of carbonyl (C=O) groups is 2. The van der Waals surface area contributed by atoms with E-state index in [2.05, 4.69) is 20.8 Å². The minimum absolute atomic E-state index is 0.000693. The summed E-state index contributed by atoms with van der Waals surface area (Å²) in [5.74, 6) is 1.28. The summed E-state index contributed by atoms with van der Waals surface area (Å²) in [5, 5.41) is 0. The van der Waals surface area contributed by atoms with E-state index in [1.165, 1.54) is 0 Å². The van der Waals surface area contributed by atoms with Crippen LogP contribution < -0.4 is 0 Å². The van der Waals surface area contributed by atoms with Crippen LogP contribution in [0, 0.1) is 34.0 Å². The summed E-state index contributed by atoms with van der Waals surface area (Å²) in [4.78, 5) is 25.4. The van der Waals surface area contributed by atoms with Crippen molar-refractivity contribution >= 4 is 11.8 Å². The molecule has 0 saturated heterocycles. The fraction of sp³-hybridized carbons (Fsp3) is 0.636. The van der Waals surface area contributed by atoms with Gasteiger partial charge in [0.25, 0.3) is 0 Å². The average Bonchev–Trinajstić information content (AvgIpc) is 3.04. The zero-order valence-electron chi connectivity index (χ0n) is 15.2. The van der Waals surface area contributed by atoms with E-state index in [0.29, 0.717) is 29.6 Å². The normalized spacial score (nSPS) is 49.5. The summed E-state index contributed by atoms with van der Waals surface area (Å²) >= 11 is 0. The molecule has 2 bridgehead atoms. The highest BCUT2D eigenvalue weighted by Gasteiger charge is 2.84. The van der Waals surface area contributed by atoms with Gasteiger partial charge >= 0.3 is 5.97 Å². The molecule has 3 heteroatoms. The first-order valence-corrected chi connectivity index (χ1v) is 9.63. The Morgan fingerprint density at radius 1 is 1.16 bits per heavy atom. The maximum Gasteiger partial charge on any atom is 0.338 e. The van der Waals surface area contributed by atoms with Crippen molar-refractivity contribution < 1.29 is 14.3 Å². The Hall–Kier alpha value is -1.64. The van der Waals surface area contributed by atoms with Crippen molar-refractivity contribution in [3.63, 3.8) is 0 Å². The summed E-state index contributed by atoms with van der Waals surface area (Å²) in [6, 6.07) is 9.29. The van der Waals surface area contributed by atoms with Crippen LogP contribution in [0.2, 0.25) is 0 Å². The number of carbonyl (C=O) groups excluding carboxylic acids is 2. The molecule has 0 amide bonds. The van der Waals surface area contributed by atoms with E-state index in [4.69, 9.17) is 4.74 Å². The van der Waals surface area contributed by atoms with Crippen molar-refractivity contribution in [3.05, 3.63) is 35.9 Å². The molecule has 7 atom stereocenters. The van der Waals surface area contributed by atoms with Gasteiger partial charge < -0.3 is 4.74 Å². The topological polar surface area (TPSA) is 43.4 Å². The van der Waals surface area contributed by atoms with Gasteiger partial charge in [-0.05, 0) is 54.1 Å². The third-order valence-electron chi connectivity index (χ3n) is 9.07. The number of rotatable bonds is 2. The molecule has 4 fully saturated rings. The molecule has 132 valence electrons. The Morgan fingerprint density at radius 2 is 1.88 bits per heavy atom. The number of hydrogen-bond donors (Lipinski definition) is 0. The van der Waals surface area contributed by atoms with E-state index < -0.39 is 0 Å². The number of ether oxygens (including phenoxy) is 1. The zero-order valence-corrected chi connectivity index (χ0v) is 15.2. The molecule has 4 aliphatic rings.